The molecular formula is C15H15BN4O2. The van der Waals surface area contributed by atoms with Gasteiger partial charge in [0.15, 0.2) is 11.7 Å². The van der Waals surface area contributed by atoms with E-state index in [4.69, 9.17) is 17.1 Å². The molecule has 6 nitrogen and oxygen atoms in total. The molecule has 0 spiro atoms. The lowest BCUT2D eigenvalue weighted by Gasteiger charge is -2.14. The zero-order valence-electron chi connectivity index (χ0n) is 13.2. The quantitative estimate of drug-likeness (QED) is 0.491. The summed E-state index contributed by atoms with van der Waals surface area (Å²) in [6.07, 6.45) is 0. The summed E-state index contributed by atoms with van der Waals surface area (Å²) in [4.78, 5) is 12.8. The molecule has 0 aliphatic carbocycles. The van der Waals surface area contributed by atoms with Crippen molar-refractivity contribution < 1.29 is 9.07 Å². The van der Waals surface area contributed by atoms with E-state index in [0.29, 0.717) is 40.1 Å². The summed E-state index contributed by atoms with van der Waals surface area (Å²) < 4.78 is 10.5. The molecule has 2 rings (SSSR count). The Morgan fingerprint density at radius 3 is 2.05 bits per heavy atom. The summed E-state index contributed by atoms with van der Waals surface area (Å²) in [5, 5.41) is 9.54. The topological polar surface area (TPSA) is 84.8 Å². The molecule has 2 aromatic rings. The summed E-state index contributed by atoms with van der Waals surface area (Å²) in [6, 6.07) is 2.08. The van der Waals surface area contributed by atoms with Gasteiger partial charge in [-0.05, 0) is 27.7 Å². The van der Waals surface area contributed by atoms with E-state index < -0.39 is 0 Å². The van der Waals surface area contributed by atoms with Gasteiger partial charge < -0.3 is 9.07 Å². The van der Waals surface area contributed by atoms with Crippen LogP contribution in [0.3, 0.4) is 0 Å². The fourth-order valence-corrected chi connectivity index (χ4v) is 2.42. The summed E-state index contributed by atoms with van der Waals surface area (Å²) in [5.41, 5.74) is 2.68. The molecule has 110 valence electrons. The van der Waals surface area contributed by atoms with Crippen LogP contribution in [0.5, 0.6) is 0 Å². The van der Waals surface area contributed by atoms with Crippen molar-refractivity contribution in [3.63, 3.8) is 0 Å². The average Bonchev–Trinajstić information content (AvgIpc) is 2.75. The first-order valence-corrected chi connectivity index (χ1v) is 6.66. The molecular weight excluding hydrogens is 279 g/mol. The second-order valence-corrected chi connectivity index (χ2v) is 4.90. The highest BCUT2D eigenvalue weighted by Crippen LogP contribution is 2.31. The minimum atomic E-state index is 0.166. The predicted octanol–water partition coefficient (Wildman–Crippen LogP) is 2.50. The van der Waals surface area contributed by atoms with Gasteiger partial charge in [-0.25, -0.2) is 15.0 Å². The predicted molar refractivity (Wildman–Crippen MR) is 81.5 cm³/mol. The van der Waals surface area contributed by atoms with Crippen molar-refractivity contribution >= 4 is 19.4 Å². The van der Waals surface area contributed by atoms with Gasteiger partial charge in [0.1, 0.15) is 23.2 Å². The van der Waals surface area contributed by atoms with Crippen LogP contribution < -0.4 is 0 Å². The van der Waals surface area contributed by atoms with Crippen LogP contribution in [-0.4, -0.2) is 23.0 Å². The molecule has 0 unspecified atom stereocenters. The maximum Gasteiger partial charge on any atom is 0.374 e. The van der Waals surface area contributed by atoms with Crippen LogP contribution in [0, 0.1) is 45.9 Å². The van der Waals surface area contributed by atoms with Crippen LogP contribution in [-0.2, 0) is 4.65 Å². The molecule has 0 saturated carbocycles. The minimum Gasteiger partial charge on any atom is -0.566 e. The summed E-state index contributed by atoms with van der Waals surface area (Å²) in [7, 11) is 5.42. The van der Waals surface area contributed by atoms with E-state index in [-0.39, 0.29) is 11.3 Å². The monoisotopic (exact) mass is 294 g/mol. The molecule has 2 aromatic heterocycles. The third kappa shape index (κ3) is 2.73. The standard InChI is InChI=1S/C15H15BN4O2/c1-7-13(8(2)19-10(4)18-7)15(22-16)12(6-17)14-9(3)20-11(5)21-14/h1-5H3. The second kappa shape index (κ2) is 6.02. The highest BCUT2D eigenvalue weighted by atomic mass is 16.4. The van der Waals surface area contributed by atoms with Gasteiger partial charge >= 0.3 is 8.05 Å². The Bertz CT molecular complexity index is 779. The number of allylic oxidation sites excluding steroid dienone is 1. The van der Waals surface area contributed by atoms with Crippen LogP contribution in [0.25, 0.3) is 11.3 Å². The molecule has 0 amide bonds. The molecule has 0 atom stereocenters. The third-order valence-corrected chi connectivity index (χ3v) is 3.20. The van der Waals surface area contributed by atoms with E-state index in [1.165, 1.54) is 0 Å². The minimum absolute atomic E-state index is 0.166. The van der Waals surface area contributed by atoms with Crippen LogP contribution >= 0.6 is 0 Å². The SMILES string of the molecule is [B]OC(=C(C#N)c1oc(C)nc1C)c1c(C)nc(C)nc1C. The molecule has 2 heterocycles. The van der Waals surface area contributed by atoms with E-state index in [9.17, 15) is 5.26 Å². The maximum absolute atomic E-state index is 9.54. The molecule has 0 aromatic carbocycles. The number of aryl methyl sites for hydroxylation is 5. The fraction of sp³-hybridized carbons (Fsp3) is 0.333. The Balaban J connectivity index is 2.78. The zero-order chi connectivity index (χ0) is 16.4. The van der Waals surface area contributed by atoms with E-state index >= 15 is 0 Å². The number of rotatable bonds is 3. The van der Waals surface area contributed by atoms with E-state index in [2.05, 4.69) is 21.0 Å². The zero-order valence-corrected chi connectivity index (χ0v) is 13.2. The Hall–Kier alpha value is -2.62. The summed E-state index contributed by atoms with van der Waals surface area (Å²) >= 11 is 0. The van der Waals surface area contributed by atoms with Crippen LogP contribution in [0.4, 0.5) is 0 Å². The van der Waals surface area contributed by atoms with Gasteiger partial charge in [-0.3, -0.25) is 0 Å². The number of nitrogens with zero attached hydrogens (tertiary/aromatic N) is 4. The Kier molecular flexibility index (Phi) is 4.31. The number of hydrogen-bond donors (Lipinski definition) is 0. The maximum atomic E-state index is 9.54. The number of aromatic nitrogens is 3. The molecule has 0 N–H and O–H groups in total. The molecule has 0 bridgehead atoms. The van der Waals surface area contributed by atoms with Gasteiger partial charge in [0.05, 0.1) is 22.6 Å². The number of hydrogen-bond acceptors (Lipinski definition) is 6. The van der Waals surface area contributed by atoms with Crippen LogP contribution in [0.2, 0.25) is 0 Å². The van der Waals surface area contributed by atoms with Gasteiger partial charge in [-0.1, -0.05) is 0 Å². The van der Waals surface area contributed by atoms with Gasteiger partial charge in [0, 0.05) is 6.92 Å². The Morgan fingerprint density at radius 2 is 1.64 bits per heavy atom. The molecule has 0 saturated heterocycles. The Labute approximate surface area is 130 Å². The smallest absolute Gasteiger partial charge is 0.374 e. The summed E-state index contributed by atoms with van der Waals surface area (Å²) in [5.74, 6) is 1.61. The van der Waals surface area contributed by atoms with Crippen molar-refractivity contribution in [1.29, 1.82) is 5.26 Å². The van der Waals surface area contributed by atoms with Gasteiger partial charge in [-0.2, -0.15) is 5.26 Å². The van der Waals surface area contributed by atoms with Gasteiger partial charge in [-0.15, -0.1) is 0 Å². The van der Waals surface area contributed by atoms with Crippen molar-refractivity contribution in [2.45, 2.75) is 34.6 Å². The normalized spacial score (nSPS) is 11.8. The lowest BCUT2D eigenvalue weighted by atomic mass is 10.0. The van der Waals surface area contributed by atoms with Crippen LogP contribution in [0.15, 0.2) is 4.42 Å². The Morgan fingerprint density at radius 1 is 1.05 bits per heavy atom. The van der Waals surface area contributed by atoms with Crippen molar-refractivity contribution in [3.8, 4) is 6.07 Å². The highest BCUT2D eigenvalue weighted by molar-refractivity contribution is 6.06. The van der Waals surface area contributed by atoms with Gasteiger partial charge in [0.25, 0.3) is 0 Å². The highest BCUT2D eigenvalue weighted by Gasteiger charge is 2.22. The first-order chi connectivity index (χ1) is 10.4. The van der Waals surface area contributed by atoms with E-state index in [1.807, 2.05) is 13.8 Å². The average molecular weight is 294 g/mol. The first-order valence-electron chi connectivity index (χ1n) is 6.66. The molecule has 22 heavy (non-hydrogen) atoms. The largest absolute Gasteiger partial charge is 0.566 e. The van der Waals surface area contributed by atoms with E-state index in [0.717, 1.165) is 0 Å². The van der Waals surface area contributed by atoms with E-state index in [1.54, 1.807) is 20.8 Å². The van der Waals surface area contributed by atoms with Crippen molar-refractivity contribution in [2.24, 2.45) is 0 Å². The van der Waals surface area contributed by atoms with Crippen LogP contribution in [0.1, 0.15) is 40.1 Å². The number of oxazole rings is 1. The molecule has 0 fully saturated rings. The first kappa shape index (κ1) is 15.8. The molecule has 0 aliphatic heterocycles. The summed E-state index contributed by atoms with van der Waals surface area (Å²) in [6.45, 7) is 8.88. The van der Waals surface area contributed by atoms with Crippen molar-refractivity contribution in [1.82, 2.24) is 15.0 Å². The molecule has 2 radical (unpaired) electrons. The molecule has 7 heteroatoms. The molecule has 0 aliphatic rings. The number of nitriles is 1. The van der Waals surface area contributed by atoms with Crippen molar-refractivity contribution in [3.05, 3.63) is 40.1 Å². The fourth-order valence-electron chi connectivity index (χ4n) is 2.42. The lowest BCUT2D eigenvalue weighted by Crippen LogP contribution is -2.05. The third-order valence-electron chi connectivity index (χ3n) is 3.20. The van der Waals surface area contributed by atoms with Gasteiger partial charge in [0.2, 0.25) is 0 Å². The lowest BCUT2D eigenvalue weighted by molar-refractivity contribution is 0.507. The van der Waals surface area contributed by atoms with Crippen molar-refractivity contribution in [2.75, 3.05) is 0 Å². The second-order valence-electron chi connectivity index (χ2n) is 4.90.